The molecule has 0 aliphatic carbocycles. The van der Waals surface area contributed by atoms with Crippen LogP contribution in [-0.2, 0) is 6.42 Å². The highest BCUT2D eigenvalue weighted by atomic mass is 79.9. The predicted molar refractivity (Wildman–Crippen MR) is 69.9 cm³/mol. The molecule has 0 bridgehead atoms. The molecule has 0 unspecified atom stereocenters. The number of rotatable bonds is 3. The van der Waals surface area contributed by atoms with Crippen molar-refractivity contribution in [2.75, 3.05) is 0 Å². The van der Waals surface area contributed by atoms with Crippen molar-refractivity contribution in [2.24, 2.45) is 0 Å². The fraction of sp³-hybridized carbons (Fsp3) is 0.429. The van der Waals surface area contributed by atoms with E-state index < -0.39 is 0 Å². The molecule has 1 heteroatoms. The van der Waals surface area contributed by atoms with Gasteiger partial charge in [0.1, 0.15) is 0 Å². The third kappa shape index (κ3) is 4.53. The Kier molecular flexibility index (Phi) is 5.50. The molecular weight excluding hydrogens is 248 g/mol. The zero-order valence-electron chi connectivity index (χ0n) is 9.44. The molecule has 0 saturated carbocycles. The number of halogens is 1. The normalized spacial score (nSPS) is 9.53. The summed E-state index contributed by atoms with van der Waals surface area (Å²) in [5.41, 5.74) is 2.65. The largest absolute Gasteiger partial charge is 0.103 e. The summed E-state index contributed by atoms with van der Waals surface area (Å²) in [6.07, 6.45) is 4.20. The Hall–Kier alpha value is -0.740. The lowest BCUT2D eigenvalue weighted by molar-refractivity contribution is 0.973. The molecule has 0 aromatic heterocycles. The van der Waals surface area contributed by atoms with Crippen molar-refractivity contribution in [3.63, 3.8) is 0 Å². The van der Waals surface area contributed by atoms with E-state index >= 15 is 0 Å². The van der Waals surface area contributed by atoms with Crippen LogP contribution >= 0.6 is 15.9 Å². The number of hydrogen-bond donors (Lipinski definition) is 0. The fourth-order valence-corrected chi connectivity index (χ4v) is 1.73. The van der Waals surface area contributed by atoms with Crippen LogP contribution in [0, 0.1) is 18.8 Å². The second-order valence-corrected chi connectivity index (χ2v) is 4.54. The van der Waals surface area contributed by atoms with E-state index in [4.69, 9.17) is 0 Å². The van der Waals surface area contributed by atoms with E-state index in [9.17, 15) is 0 Å². The summed E-state index contributed by atoms with van der Waals surface area (Å²) in [5.74, 6) is 6.37. The van der Waals surface area contributed by atoms with E-state index in [1.807, 2.05) is 0 Å². The van der Waals surface area contributed by atoms with E-state index in [1.54, 1.807) is 0 Å². The van der Waals surface area contributed by atoms with Crippen molar-refractivity contribution in [3.8, 4) is 11.8 Å². The molecule has 0 heterocycles. The Morgan fingerprint density at radius 1 is 1.20 bits per heavy atom. The number of hydrogen-bond acceptors (Lipinski definition) is 0. The molecule has 80 valence electrons. The molecule has 0 aliphatic heterocycles. The topological polar surface area (TPSA) is 0 Å². The van der Waals surface area contributed by atoms with Crippen molar-refractivity contribution in [1.29, 1.82) is 0 Å². The van der Waals surface area contributed by atoms with E-state index in [1.165, 1.54) is 15.6 Å². The lowest BCUT2D eigenvalue weighted by atomic mass is 10.1. The van der Waals surface area contributed by atoms with E-state index in [2.05, 4.69) is 59.8 Å². The first kappa shape index (κ1) is 12.3. The van der Waals surface area contributed by atoms with Crippen LogP contribution in [0.4, 0.5) is 0 Å². The lowest BCUT2D eigenvalue weighted by Crippen LogP contribution is -1.85. The van der Waals surface area contributed by atoms with Crippen molar-refractivity contribution < 1.29 is 0 Å². The highest BCUT2D eigenvalue weighted by Gasteiger charge is 1.96. The van der Waals surface area contributed by atoms with Crippen molar-refractivity contribution in [3.05, 3.63) is 33.8 Å². The fourth-order valence-electron chi connectivity index (χ4n) is 1.30. The Bertz CT molecular complexity index is 369. The summed E-state index contributed by atoms with van der Waals surface area (Å²) < 4.78 is 1.20. The molecule has 0 atom stereocenters. The van der Waals surface area contributed by atoms with Crippen LogP contribution < -0.4 is 0 Å². The van der Waals surface area contributed by atoms with Gasteiger partial charge in [-0.15, -0.1) is 11.8 Å². The molecule has 0 saturated heterocycles. The lowest BCUT2D eigenvalue weighted by Gasteiger charge is -2.01. The minimum Gasteiger partial charge on any atom is -0.103 e. The minimum atomic E-state index is 0.968. The Morgan fingerprint density at radius 3 is 2.60 bits per heavy atom. The van der Waals surface area contributed by atoms with E-state index in [0.29, 0.717) is 0 Å². The first-order valence-corrected chi connectivity index (χ1v) is 6.24. The molecule has 1 aromatic rings. The van der Waals surface area contributed by atoms with Gasteiger partial charge in [0.05, 0.1) is 0 Å². The van der Waals surface area contributed by atoms with Crippen LogP contribution in [0.15, 0.2) is 22.7 Å². The standard InChI is InChI=1S/C14H17Br/c1-3-4-5-6-7-8-13-10-9-12(2)14(15)11-13/h9-11H,3-4,7-8H2,1-2H3. The molecule has 15 heavy (non-hydrogen) atoms. The maximum atomic E-state index is 3.54. The average Bonchev–Trinajstić information content (AvgIpc) is 2.23. The molecule has 0 radical (unpaired) electrons. The first-order chi connectivity index (χ1) is 7.24. The molecular formula is C14H17Br. The zero-order valence-corrected chi connectivity index (χ0v) is 11.0. The van der Waals surface area contributed by atoms with Gasteiger partial charge in [0.15, 0.2) is 0 Å². The smallest absolute Gasteiger partial charge is 0.0207 e. The molecule has 1 aromatic carbocycles. The first-order valence-electron chi connectivity index (χ1n) is 5.44. The van der Waals surface area contributed by atoms with Crippen LogP contribution in [-0.4, -0.2) is 0 Å². The molecule has 0 N–H and O–H groups in total. The van der Waals surface area contributed by atoms with Gasteiger partial charge < -0.3 is 0 Å². The van der Waals surface area contributed by atoms with Crippen LogP contribution in [0.3, 0.4) is 0 Å². The Morgan fingerprint density at radius 2 is 1.93 bits per heavy atom. The van der Waals surface area contributed by atoms with Crippen LogP contribution in [0.2, 0.25) is 0 Å². The molecule has 0 spiro atoms. The highest BCUT2D eigenvalue weighted by Crippen LogP contribution is 2.18. The molecule has 0 fully saturated rings. The summed E-state index contributed by atoms with van der Waals surface area (Å²) in [6.45, 7) is 4.26. The monoisotopic (exact) mass is 264 g/mol. The van der Waals surface area contributed by atoms with Crippen molar-refractivity contribution in [1.82, 2.24) is 0 Å². The van der Waals surface area contributed by atoms with Crippen LogP contribution in [0.1, 0.15) is 37.3 Å². The van der Waals surface area contributed by atoms with Crippen molar-refractivity contribution >= 4 is 15.9 Å². The SMILES string of the molecule is CCCC#CCCc1ccc(C)c(Br)c1. The molecule has 1 rings (SSSR count). The van der Waals surface area contributed by atoms with Gasteiger partial charge in [-0.25, -0.2) is 0 Å². The summed E-state index contributed by atoms with van der Waals surface area (Å²) in [4.78, 5) is 0. The summed E-state index contributed by atoms with van der Waals surface area (Å²) in [6, 6.07) is 6.53. The molecule has 0 amide bonds. The van der Waals surface area contributed by atoms with Gasteiger partial charge in [0.25, 0.3) is 0 Å². The van der Waals surface area contributed by atoms with Gasteiger partial charge in [-0.2, -0.15) is 0 Å². The number of benzene rings is 1. The Labute approximate surface area is 101 Å². The van der Waals surface area contributed by atoms with Gasteiger partial charge in [0.2, 0.25) is 0 Å². The van der Waals surface area contributed by atoms with Gasteiger partial charge in [-0.3, -0.25) is 0 Å². The maximum Gasteiger partial charge on any atom is 0.0207 e. The molecule has 0 nitrogen and oxygen atoms in total. The zero-order chi connectivity index (χ0) is 11.1. The number of unbranched alkanes of at least 4 members (excludes halogenated alkanes) is 1. The van der Waals surface area contributed by atoms with E-state index in [0.717, 1.165) is 25.7 Å². The summed E-state index contributed by atoms with van der Waals surface area (Å²) in [7, 11) is 0. The molecule has 0 aliphatic rings. The average molecular weight is 265 g/mol. The van der Waals surface area contributed by atoms with Gasteiger partial charge in [0, 0.05) is 17.3 Å². The second-order valence-electron chi connectivity index (χ2n) is 3.69. The van der Waals surface area contributed by atoms with Crippen molar-refractivity contribution in [2.45, 2.75) is 39.5 Å². The minimum absolute atomic E-state index is 0.968. The quantitative estimate of drug-likeness (QED) is 0.706. The van der Waals surface area contributed by atoms with Crippen LogP contribution in [0.25, 0.3) is 0 Å². The van der Waals surface area contributed by atoms with E-state index in [-0.39, 0.29) is 0 Å². The highest BCUT2D eigenvalue weighted by molar-refractivity contribution is 9.10. The second kappa shape index (κ2) is 6.69. The third-order valence-electron chi connectivity index (χ3n) is 2.27. The van der Waals surface area contributed by atoms with Crippen LogP contribution in [0.5, 0.6) is 0 Å². The summed E-state index contributed by atoms with van der Waals surface area (Å²) >= 11 is 3.54. The van der Waals surface area contributed by atoms with Gasteiger partial charge in [-0.05, 0) is 37.0 Å². The van der Waals surface area contributed by atoms with Gasteiger partial charge >= 0.3 is 0 Å². The maximum absolute atomic E-state index is 3.54. The third-order valence-corrected chi connectivity index (χ3v) is 3.13. The number of aryl methyl sites for hydroxylation is 2. The summed E-state index contributed by atoms with van der Waals surface area (Å²) in [5, 5.41) is 0. The van der Waals surface area contributed by atoms with Gasteiger partial charge in [-0.1, -0.05) is 35.0 Å². The predicted octanol–water partition coefficient (Wildman–Crippen LogP) is 4.49. The Balaban J connectivity index is 2.45.